The third-order valence-electron chi connectivity index (χ3n) is 4.56. The highest BCUT2D eigenvalue weighted by Gasteiger charge is 2.07. The summed E-state index contributed by atoms with van der Waals surface area (Å²) in [5.41, 5.74) is 5.42. The normalized spacial score (nSPS) is 10.3. The van der Waals surface area contributed by atoms with Crippen LogP contribution in [0.2, 0.25) is 0 Å². The van der Waals surface area contributed by atoms with Crippen LogP contribution in [0, 0.1) is 13.8 Å². The van der Waals surface area contributed by atoms with Gasteiger partial charge in [-0.3, -0.25) is 9.59 Å². The largest absolute Gasteiger partial charge is 0.376 e. The Morgan fingerprint density at radius 2 is 1.59 bits per heavy atom. The van der Waals surface area contributed by atoms with Crippen molar-refractivity contribution in [2.75, 3.05) is 17.2 Å². The minimum absolute atomic E-state index is 0.146. The number of hydrogen-bond donors (Lipinski definition) is 3. The van der Waals surface area contributed by atoms with Crippen LogP contribution in [0.4, 0.5) is 11.4 Å². The second kappa shape index (κ2) is 9.55. The summed E-state index contributed by atoms with van der Waals surface area (Å²) in [5, 5.41) is 8.88. The zero-order chi connectivity index (χ0) is 20.6. The standard InChI is InChI=1S/C24H25N3O2/c1-17-8-9-18(2)22(14-17)25-16-23(28)27-21-12-10-20(11-13-21)24(29)26-15-19-6-4-3-5-7-19/h3-14,25H,15-16H2,1-2H3,(H,26,29)(H,27,28). The average Bonchev–Trinajstić information content (AvgIpc) is 2.74. The lowest BCUT2D eigenvalue weighted by molar-refractivity contribution is -0.114. The van der Waals surface area contributed by atoms with Gasteiger partial charge in [-0.1, -0.05) is 42.5 Å². The van der Waals surface area contributed by atoms with Gasteiger partial charge in [-0.05, 0) is 60.9 Å². The lowest BCUT2D eigenvalue weighted by atomic mass is 10.1. The monoisotopic (exact) mass is 387 g/mol. The maximum atomic E-state index is 12.3. The number of anilines is 2. The molecule has 29 heavy (non-hydrogen) atoms. The molecule has 3 aromatic rings. The first-order valence-corrected chi connectivity index (χ1v) is 9.54. The molecule has 0 aliphatic rings. The summed E-state index contributed by atoms with van der Waals surface area (Å²) in [4.78, 5) is 24.5. The molecule has 0 unspecified atom stereocenters. The highest BCUT2D eigenvalue weighted by atomic mass is 16.2. The van der Waals surface area contributed by atoms with E-state index in [1.54, 1.807) is 24.3 Å². The number of nitrogens with one attached hydrogen (secondary N) is 3. The van der Waals surface area contributed by atoms with E-state index in [0.29, 0.717) is 17.8 Å². The zero-order valence-electron chi connectivity index (χ0n) is 16.7. The van der Waals surface area contributed by atoms with Gasteiger partial charge in [0.2, 0.25) is 5.91 Å². The minimum Gasteiger partial charge on any atom is -0.376 e. The van der Waals surface area contributed by atoms with Gasteiger partial charge in [0.15, 0.2) is 0 Å². The first-order chi connectivity index (χ1) is 14.0. The van der Waals surface area contributed by atoms with Gasteiger partial charge in [0, 0.05) is 23.5 Å². The van der Waals surface area contributed by atoms with Crippen molar-refractivity contribution < 1.29 is 9.59 Å². The Morgan fingerprint density at radius 1 is 0.862 bits per heavy atom. The maximum absolute atomic E-state index is 12.3. The van der Waals surface area contributed by atoms with Gasteiger partial charge in [0.05, 0.1) is 6.54 Å². The molecule has 0 aliphatic carbocycles. The van der Waals surface area contributed by atoms with Gasteiger partial charge in [0.25, 0.3) is 5.91 Å². The Morgan fingerprint density at radius 3 is 2.31 bits per heavy atom. The number of rotatable bonds is 7. The fraction of sp³-hybridized carbons (Fsp3) is 0.167. The molecule has 3 aromatic carbocycles. The van der Waals surface area contributed by atoms with E-state index in [1.165, 1.54) is 0 Å². The molecule has 0 radical (unpaired) electrons. The Labute approximate surface area is 171 Å². The van der Waals surface area contributed by atoms with Gasteiger partial charge in [-0.15, -0.1) is 0 Å². The van der Waals surface area contributed by atoms with Crippen LogP contribution in [0.5, 0.6) is 0 Å². The van der Waals surface area contributed by atoms with E-state index in [4.69, 9.17) is 0 Å². The van der Waals surface area contributed by atoms with E-state index in [1.807, 2.05) is 62.4 Å². The smallest absolute Gasteiger partial charge is 0.251 e. The zero-order valence-corrected chi connectivity index (χ0v) is 16.7. The SMILES string of the molecule is Cc1ccc(C)c(NCC(=O)Nc2ccc(C(=O)NCc3ccccc3)cc2)c1. The van der Waals surface area contributed by atoms with E-state index >= 15 is 0 Å². The molecule has 0 aromatic heterocycles. The Balaban J connectivity index is 1.49. The summed E-state index contributed by atoms with van der Waals surface area (Å²) in [6, 6.07) is 22.7. The topological polar surface area (TPSA) is 70.2 Å². The second-order valence-corrected chi connectivity index (χ2v) is 6.97. The molecular formula is C24H25N3O2. The van der Waals surface area contributed by atoms with E-state index in [2.05, 4.69) is 16.0 Å². The highest BCUT2D eigenvalue weighted by Crippen LogP contribution is 2.16. The van der Waals surface area contributed by atoms with Crippen molar-refractivity contribution in [2.24, 2.45) is 0 Å². The van der Waals surface area contributed by atoms with Gasteiger partial charge >= 0.3 is 0 Å². The molecule has 0 aliphatic heterocycles. The van der Waals surface area contributed by atoms with Gasteiger partial charge in [-0.25, -0.2) is 0 Å². The number of hydrogen-bond acceptors (Lipinski definition) is 3. The molecule has 0 spiro atoms. The van der Waals surface area contributed by atoms with Crippen LogP contribution >= 0.6 is 0 Å². The summed E-state index contributed by atoms with van der Waals surface area (Å²) < 4.78 is 0. The van der Waals surface area contributed by atoms with E-state index in [0.717, 1.165) is 22.4 Å². The van der Waals surface area contributed by atoms with Gasteiger partial charge in [0.1, 0.15) is 0 Å². The van der Waals surface area contributed by atoms with Crippen LogP contribution in [0.3, 0.4) is 0 Å². The number of benzene rings is 3. The van der Waals surface area contributed by atoms with E-state index < -0.39 is 0 Å². The lowest BCUT2D eigenvalue weighted by Gasteiger charge is -2.11. The van der Waals surface area contributed by atoms with Crippen LogP contribution in [-0.2, 0) is 11.3 Å². The molecule has 0 heterocycles. The fourth-order valence-electron chi connectivity index (χ4n) is 2.89. The number of carbonyl (C=O) groups is 2. The molecule has 0 saturated heterocycles. The molecule has 0 fully saturated rings. The molecule has 148 valence electrons. The molecule has 0 saturated carbocycles. The Hall–Kier alpha value is -3.60. The van der Waals surface area contributed by atoms with Crippen LogP contribution in [0.1, 0.15) is 27.0 Å². The Kier molecular flexibility index (Phi) is 6.63. The average molecular weight is 387 g/mol. The van der Waals surface area contributed by atoms with Gasteiger partial charge < -0.3 is 16.0 Å². The van der Waals surface area contributed by atoms with Crippen molar-refractivity contribution in [2.45, 2.75) is 20.4 Å². The molecular weight excluding hydrogens is 362 g/mol. The number of aryl methyl sites for hydroxylation is 2. The number of amides is 2. The fourth-order valence-corrected chi connectivity index (χ4v) is 2.89. The molecule has 5 nitrogen and oxygen atoms in total. The Bertz CT molecular complexity index is 983. The molecule has 0 atom stereocenters. The van der Waals surface area contributed by atoms with Crippen molar-refractivity contribution in [3.05, 3.63) is 95.1 Å². The summed E-state index contributed by atoms with van der Waals surface area (Å²) >= 11 is 0. The summed E-state index contributed by atoms with van der Waals surface area (Å²) in [6.07, 6.45) is 0. The van der Waals surface area contributed by atoms with E-state index in [9.17, 15) is 9.59 Å². The minimum atomic E-state index is -0.150. The number of carbonyl (C=O) groups excluding carboxylic acids is 2. The first-order valence-electron chi connectivity index (χ1n) is 9.54. The third-order valence-corrected chi connectivity index (χ3v) is 4.56. The highest BCUT2D eigenvalue weighted by molar-refractivity contribution is 5.96. The van der Waals surface area contributed by atoms with Crippen LogP contribution in [-0.4, -0.2) is 18.4 Å². The second-order valence-electron chi connectivity index (χ2n) is 6.97. The van der Waals surface area contributed by atoms with Crippen molar-refractivity contribution in [1.82, 2.24) is 5.32 Å². The predicted molar refractivity (Wildman–Crippen MR) is 117 cm³/mol. The van der Waals surface area contributed by atoms with Gasteiger partial charge in [-0.2, -0.15) is 0 Å². The van der Waals surface area contributed by atoms with Crippen molar-refractivity contribution in [1.29, 1.82) is 0 Å². The summed E-state index contributed by atoms with van der Waals surface area (Å²) in [7, 11) is 0. The lowest BCUT2D eigenvalue weighted by Crippen LogP contribution is -2.23. The van der Waals surface area contributed by atoms with E-state index in [-0.39, 0.29) is 18.4 Å². The quantitative estimate of drug-likeness (QED) is 0.567. The maximum Gasteiger partial charge on any atom is 0.251 e. The molecule has 5 heteroatoms. The molecule has 0 bridgehead atoms. The van der Waals surface area contributed by atoms with Crippen molar-refractivity contribution in [3.8, 4) is 0 Å². The summed E-state index contributed by atoms with van der Waals surface area (Å²) in [6.45, 7) is 4.66. The first kappa shape index (κ1) is 20.1. The van der Waals surface area contributed by atoms with Crippen LogP contribution in [0.25, 0.3) is 0 Å². The molecule has 3 rings (SSSR count). The summed E-state index contributed by atoms with van der Waals surface area (Å²) in [5.74, 6) is -0.296. The van der Waals surface area contributed by atoms with Crippen LogP contribution < -0.4 is 16.0 Å². The van der Waals surface area contributed by atoms with Crippen molar-refractivity contribution in [3.63, 3.8) is 0 Å². The van der Waals surface area contributed by atoms with Crippen LogP contribution in [0.15, 0.2) is 72.8 Å². The predicted octanol–water partition coefficient (Wildman–Crippen LogP) is 4.28. The molecule has 3 N–H and O–H groups in total. The van der Waals surface area contributed by atoms with Crippen molar-refractivity contribution >= 4 is 23.2 Å². The third kappa shape index (κ3) is 5.94. The molecule has 2 amide bonds.